The number of H-pyrrole nitrogens is 1. The fraction of sp³-hybridized carbons (Fsp3) is 0.524. The fourth-order valence-electron chi connectivity index (χ4n) is 5.29. The zero-order valence-corrected chi connectivity index (χ0v) is 24.2. The largest absolute Gasteiger partial charge is 0.756 e. The van der Waals surface area contributed by atoms with Crippen molar-refractivity contribution in [2.75, 3.05) is 24.7 Å². The molecular weight excluding hydrogens is 662 g/mol. The van der Waals surface area contributed by atoms with Crippen molar-refractivity contribution in [3.05, 3.63) is 29.3 Å². The molecule has 0 amide bonds. The zero-order chi connectivity index (χ0) is 31.8. The molecule has 3 saturated heterocycles. The number of aromatic nitrogens is 8. The Morgan fingerprint density at radius 3 is 2.33 bits per heavy atom. The Morgan fingerprint density at radius 1 is 0.891 bits per heavy atom. The molecule has 4 unspecified atom stereocenters. The molecule has 3 aliphatic rings. The van der Waals surface area contributed by atoms with Crippen molar-refractivity contribution in [2.45, 2.75) is 56.5 Å². The number of imidazole rings is 2. The summed E-state index contributed by atoms with van der Waals surface area (Å²) in [5, 5.41) is 22.1. The number of nitrogens with one attached hydrogen (secondary N) is 1. The first kappa shape index (κ1) is 32.5. The number of ether oxygens (including phenoxy) is 2. The maximum atomic E-state index is 13.1. The van der Waals surface area contributed by atoms with Crippen molar-refractivity contribution in [2.24, 2.45) is 0 Å². The number of phosphoric ester groups is 2. The van der Waals surface area contributed by atoms with Gasteiger partial charge in [-0.2, -0.15) is 4.98 Å². The van der Waals surface area contributed by atoms with Crippen LogP contribution in [0.15, 0.2) is 23.8 Å². The maximum Gasteiger partial charge on any atom is 0.472 e. The van der Waals surface area contributed by atoms with E-state index in [9.17, 15) is 33.9 Å². The number of nitrogen functional groups attached to an aromatic ring is 2. The number of nitrogens with zero attached hydrogens (tertiary/aromatic N) is 7. The number of nitrogens with two attached hydrogens (primary N) is 2. The first-order chi connectivity index (χ1) is 21.3. The average molecular weight is 689 g/mol. The van der Waals surface area contributed by atoms with E-state index in [-0.39, 0.29) is 41.5 Å². The van der Waals surface area contributed by atoms with Crippen molar-refractivity contribution in [3.8, 4) is 0 Å². The third-order valence-corrected chi connectivity index (χ3v) is 9.26. The van der Waals surface area contributed by atoms with E-state index in [4.69, 9.17) is 39.0 Å². The normalized spacial score (nSPS) is 36.9. The summed E-state index contributed by atoms with van der Waals surface area (Å²) in [6, 6.07) is 0. The second-order valence-corrected chi connectivity index (χ2v) is 12.9. The van der Waals surface area contributed by atoms with Crippen molar-refractivity contribution < 1.29 is 56.7 Å². The number of aromatic amines is 1. The molecule has 0 spiro atoms. The molecule has 46 heavy (non-hydrogen) atoms. The minimum Gasteiger partial charge on any atom is -0.756 e. The SMILES string of the molecule is C.Nc1nc2c(ncn2[C@@H]2O[C@@H]3COP(=O)(O)O[C@@H]4C(O)[C@H](n5cnc6c(N)ncnc65)O[C@@H]4COP(=O)([O-])O[C@H]2C3O)c(=O)[nH]1. The van der Waals surface area contributed by atoms with E-state index >= 15 is 0 Å². The average Bonchev–Trinajstić information content (AvgIpc) is 3.72. The highest BCUT2D eigenvalue weighted by atomic mass is 31.2. The van der Waals surface area contributed by atoms with Crippen molar-refractivity contribution in [1.29, 1.82) is 0 Å². The lowest BCUT2D eigenvalue weighted by Gasteiger charge is -2.31. The van der Waals surface area contributed by atoms with E-state index in [0.29, 0.717) is 0 Å². The van der Waals surface area contributed by atoms with Crippen LogP contribution in [0.1, 0.15) is 19.9 Å². The second kappa shape index (κ2) is 11.7. The molecule has 23 nitrogen and oxygen atoms in total. The van der Waals surface area contributed by atoms with Gasteiger partial charge in [-0.15, -0.1) is 0 Å². The Morgan fingerprint density at radius 2 is 1.57 bits per heavy atom. The standard InChI is InChI=1S/C20H24N10O13P2.CH4/c21-14-8-15(24-3-23-14)29(4-25-8)18-11(32)12-7(41-18)2-39-45(36,37)43-13-10(31)6(1-38-44(34,35)42-12)40-19(13)30-5-26-9-16(30)27-20(22)28-17(9)33;/h3-7,10-13,18-19,31-32H,1-2H2,(H,34,35)(H,36,37)(H2,21,23,24)(H3,22,27,28,33);1H4/p-1/t6-,7-,10?,11?,12+,13+,18-,19-;/m1./s1. The predicted octanol–water partition coefficient (Wildman–Crippen LogP) is -2.34. The lowest BCUT2D eigenvalue weighted by atomic mass is 10.1. The van der Waals surface area contributed by atoms with E-state index < -0.39 is 83.5 Å². The lowest BCUT2D eigenvalue weighted by molar-refractivity contribution is -0.237. The third kappa shape index (κ3) is 5.59. The number of anilines is 2. The summed E-state index contributed by atoms with van der Waals surface area (Å²) in [5.41, 5.74) is 10.7. The van der Waals surface area contributed by atoms with Crippen LogP contribution in [0.3, 0.4) is 0 Å². The van der Waals surface area contributed by atoms with Gasteiger partial charge in [0, 0.05) is 0 Å². The van der Waals surface area contributed by atoms with Gasteiger partial charge in [0.15, 0.2) is 35.1 Å². The summed E-state index contributed by atoms with van der Waals surface area (Å²) in [5.74, 6) is -0.270. The number of hydrogen-bond acceptors (Lipinski definition) is 19. The van der Waals surface area contributed by atoms with Crippen molar-refractivity contribution >= 4 is 49.7 Å². The van der Waals surface area contributed by atoms with E-state index in [1.807, 2.05) is 0 Å². The summed E-state index contributed by atoms with van der Waals surface area (Å²) in [6.45, 7) is -1.74. The number of rotatable bonds is 2. The molecule has 4 aromatic heterocycles. The quantitative estimate of drug-likeness (QED) is 0.120. The Balaban J connectivity index is 0.00000372. The second-order valence-electron chi connectivity index (χ2n) is 10.1. The third-order valence-electron chi connectivity index (χ3n) is 7.31. The molecule has 8 N–H and O–H groups in total. The van der Waals surface area contributed by atoms with E-state index in [1.165, 1.54) is 10.9 Å². The van der Waals surface area contributed by atoms with Gasteiger partial charge >= 0.3 is 7.82 Å². The summed E-state index contributed by atoms with van der Waals surface area (Å²) in [7, 11) is -10.4. The van der Waals surface area contributed by atoms with Gasteiger partial charge in [-0.1, -0.05) is 7.43 Å². The van der Waals surface area contributed by atoms with Crippen LogP contribution in [-0.4, -0.2) is 104 Å². The smallest absolute Gasteiger partial charge is 0.472 e. The molecule has 25 heteroatoms. The van der Waals surface area contributed by atoms with E-state index in [0.717, 1.165) is 17.2 Å². The van der Waals surface area contributed by atoms with Crippen molar-refractivity contribution in [3.63, 3.8) is 0 Å². The Hall–Kier alpha value is -3.44. The summed E-state index contributed by atoms with van der Waals surface area (Å²) >= 11 is 0. The van der Waals surface area contributed by atoms with Gasteiger partial charge < -0.3 is 50.0 Å². The molecule has 0 saturated carbocycles. The maximum absolute atomic E-state index is 13.1. The van der Waals surface area contributed by atoms with Crippen LogP contribution in [-0.2, 0) is 36.7 Å². The molecule has 3 fully saturated rings. The van der Waals surface area contributed by atoms with Crippen LogP contribution < -0.4 is 21.9 Å². The summed E-state index contributed by atoms with van der Waals surface area (Å²) in [4.78, 5) is 58.1. The topological polar surface area (TPSA) is 332 Å². The molecule has 0 aliphatic carbocycles. The van der Waals surface area contributed by atoms with Gasteiger partial charge in [0.2, 0.25) is 5.95 Å². The molecule has 7 heterocycles. The predicted molar refractivity (Wildman–Crippen MR) is 148 cm³/mol. The molecule has 2 bridgehead atoms. The highest BCUT2D eigenvalue weighted by Crippen LogP contribution is 2.52. The zero-order valence-electron chi connectivity index (χ0n) is 22.4. The highest BCUT2D eigenvalue weighted by molar-refractivity contribution is 7.47. The van der Waals surface area contributed by atoms with Gasteiger partial charge in [0.25, 0.3) is 13.4 Å². The summed E-state index contributed by atoms with van der Waals surface area (Å²) in [6.07, 6.45) is -9.53. The van der Waals surface area contributed by atoms with Crippen LogP contribution >= 0.6 is 15.6 Å². The molecule has 250 valence electrons. The van der Waals surface area contributed by atoms with Gasteiger partial charge in [-0.05, 0) is 0 Å². The summed E-state index contributed by atoms with van der Waals surface area (Å²) < 4.78 is 60.6. The fourth-order valence-corrected chi connectivity index (χ4v) is 7.17. The Bertz CT molecular complexity index is 1940. The van der Waals surface area contributed by atoms with Crippen molar-refractivity contribution in [1.82, 2.24) is 39.0 Å². The van der Waals surface area contributed by atoms with Crippen LogP contribution in [0.2, 0.25) is 0 Å². The first-order valence-corrected chi connectivity index (χ1v) is 15.9. The highest BCUT2D eigenvalue weighted by Gasteiger charge is 2.52. The van der Waals surface area contributed by atoms with Crippen LogP contribution in [0.5, 0.6) is 0 Å². The minimum absolute atomic E-state index is 0. The van der Waals surface area contributed by atoms with Gasteiger partial charge in [-0.25, -0.2) is 24.5 Å². The molecule has 4 aromatic rings. The molecule has 7 rings (SSSR count). The van der Waals surface area contributed by atoms with Crippen LogP contribution in [0.4, 0.5) is 11.8 Å². The Labute approximate surface area is 256 Å². The number of aliphatic hydroxyl groups is 2. The van der Waals surface area contributed by atoms with Gasteiger partial charge in [0.1, 0.15) is 48.5 Å². The monoisotopic (exact) mass is 689 g/mol. The van der Waals surface area contributed by atoms with E-state index in [2.05, 4.69) is 29.9 Å². The molecule has 10 atom stereocenters. The number of hydrogen-bond donors (Lipinski definition) is 6. The molecule has 3 aliphatic heterocycles. The molecular formula is C21H27N10O13P2-. The van der Waals surface area contributed by atoms with Crippen LogP contribution in [0.25, 0.3) is 22.3 Å². The lowest BCUT2D eigenvalue weighted by Crippen LogP contribution is -2.37. The van der Waals surface area contributed by atoms with Gasteiger partial charge in [0.05, 0.1) is 25.9 Å². The number of aliphatic hydroxyl groups excluding tert-OH is 2. The van der Waals surface area contributed by atoms with Gasteiger partial charge in [-0.3, -0.25) is 32.5 Å². The molecule has 0 aromatic carbocycles. The Kier molecular flexibility index (Phi) is 8.24. The number of phosphoric acid groups is 2. The minimum atomic E-state index is -5.36. The van der Waals surface area contributed by atoms with E-state index in [1.54, 1.807) is 0 Å². The first-order valence-electron chi connectivity index (χ1n) is 12.9. The number of fused-ring (bicyclic) bond motifs is 5. The van der Waals surface area contributed by atoms with Crippen LogP contribution in [0, 0.1) is 0 Å². The molecule has 0 radical (unpaired) electrons.